The van der Waals surface area contributed by atoms with Gasteiger partial charge in [-0.3, -0.25) is 9.69 Å². The first-order valence-electron chi connectivity index (χ1n) is 12.9. The Morgan fingerprint density at radius 2 is 1.76 bits per heavy atom. The molecule has 0 unspecified atom stereocenters. The number of hydrogen-bond acceptors (Lipinski definition) is 5. The van der Waals surface area contributed by atoms with Gasteiger partial charge in [-0.25, -0.2) is 8.42 Å². The summed E-state index contributed by atoms with van der Waals surface area (Å²) >= 11 is 5.91. The number of hydrogen-bond donors (Lipinski definition) is 0. The molecule has 1 fully saturated rings. The lowest BCUT2D eigenvalue weighted by atomic mass is 10.1. The van der Waals surface area contributed by atoms with E-state index in [9.17, 15) is 13.2 Å². The van der Waals surface area contributed by atoms with Crippen molar-refractivity contribution in [1.29, 1.82) is 0 Å². The average molecular weight is 548 g/mol. The van der Waals surface area contributed by atoms with Gasteiger partial charge in [0.2, 0.25) is 15.9 Å². The predicted octanol–water partition coefficient (Wildman–Crippen LogP) is 4.78. The minimum atomic E-state index is -3.54. The first kappa shape index (κ1) is 29.2. The number of rotatable bonds is 13. The molecule has 0 radical (unpaired) electrons. The van der Waals surface area contributed by atoms with Crippen LogP contribution in [0.1, 0.15) is 38.2 Å². The smallest absolute Gasteiger partial charge is 0.243 e. The Hall–Kier alpha value is -2.39. The van der Waals surface area contributed by atoms with E-state index in [1.165, 1.54) is 4.31 Å². The lowest BCUT2D eigenvalue weighted by Crippen LogP contribution is -2.50. The second kappa shape index (κ2) is 14.5. The zero-order valence-electron chi connectivity index (χ0n) is 21.8. The summed E-state index contributed by atoms with van der Waals surface area (Å²) in [6, 6.07) is 14.1. The van der Waals surface area contributed by atoms with E-state index in [-0.39, 0.29) is 10.8 Å². The van der Waals surface area contributed by atoms with Crippen LogP contribution in [0.4, 0.5) is 0 Å². The molecule has 2 aromatic rings. The molecule has 2 aromatic carbocycles. The number of piperazine rings is 1. The summed E-state index contributed by atoms with van der Waals surface area (Å²) in [5.74, 6) is 0.952. The molecular formula is C28H38ClN3O4S. The molecule has 0 N–H and O–H groups in total. The molecule has 1 aliphatic rings. The maximum atomic E-state index is 13.0. The molecule has 0 aromatic heterocycles. The van der Waals surface area contributed by atoms with Gasteiger partial charge in [0.15, 0.2) is 0 Å². The molecule has 0 spiro atoms. The molecule has 0 bridgehead atoms. The predicted molar refractivity (Wildman–Crippen MR) is 149 cm³/mol. The fraction of sp³-hybridized carbons (Fsp3) is 0.464. The number of unbranched alkanes of at least 4 members (excludes halogenated alkanes) is 2. The summed E-state index contributed by atoms with van der Waals surface area (Å²) in [6.07, 6.45) is 7.55. The third-order valence-electron chi connectivity index (χ3n) is 6.58. The van der Waals surface area contributed by atoms with E-state index in [1.54, 1.807) is 31.4 Å². The van der Waals surface area contributed by atoms with Crippen molar-refractivity contribution in [3.63, 3.8) is 0 Å². The normalized spacial score (nSPS) is 15.2. The van der Waals surface area contributed by atoms with Crippen molar-refractivity contribution < 1.29 is 17.9 Å². The van der Waals surface area contributed by atoms with Gasteiger partial charge in [-0.15, -0.1) is 0 Å². The summed E-state index contributed by atoms with van der Waals surface area (Å²) in [7, 11) is -1.89. The standard InChI is InChI=1S/C28H38ClN3O4S/c1-3-4-5-12-28(33)31(17-8-10-24-9-6-7-11-27(24)36-2)21-18-30-19-22-32(23-20-30)37(34,35)26-15-13-25(29)14-16-26/h6-11,13-16H,3-5,12,17-23H2,1-2H3. The zero-order chi connectivity index (χ0) is 26.7. The van der Waals surface area contributed by atoms with Crippen molar-refractivity contribution >= 4 is 33.6 Å². The highest BCUT2D eigenvalue weighted by Crippen LogP contribution is 2.20. The van der Waals surface area contributed by atoms with E-state index in [0.717, 1.165) is 30.6 Å². The van der Waals surface area contributed by atoms with Gasteiger partial charge in [0, 0.05) is 62.8 Å². The average Bonchev–Trinajstić information content (AvgIpc) is 2.91. The summed E-state index contributed by atoms with van der Waals surface area (Å²) in [5.41, 5.74) is 0.974. The highest BCUT2D eigenvalue weighted by molar-refractivity contribution is 7.89. The fourth-order valence-corrected chi connectivity index (χ4v) is 5.87. The van der Waals surface area contributed by atoms with E-state index in [0.29, 0.717) is 57.3 Å². The highest BCUT2D eigenvalue weighted by atomic mass is 35.5. The third-order valence-corrected chi connectivity index (χ3v) is 8.74. The molecule has 9 heteroatoms. The van der Waals surface area contributed by atoms with Crippen molar-refractivity contribution in [3.05, 3.63) is 65.2 Å². The number of carbonyl (C=O) groups is 1. The van der Waals surface area contributed by atoms with E-state index in [2.05, 4.69) is 11.8 Å². The molecule has 37 heavy (non-hydrogen) atoms. The Balaban J connectivity index is 1.56. The Bertz CT molecular complexity index is 1130. The lowest BCUT2D eigenvalue weighted by molar-refractivity contribution is -0.131. The molecule has 0 aliphatic carbocycles. The van der Waals surface area contributed by atoms with Gasteiger partial charge in [-0.05, 0) is 36.8 Å². The SMILES string of the molecule is CCCCCC(=O)N(CC=Cc1ccccc1OC)CCN1CCN(S(=O)(=O)c2ccc(Cl)cc2)CC1. The van der Waals surface area contributed by atoms with Gasteiger partial charge in [0.05, 0.1) is 12.0 Å². The number of sulfonamides is 1. The lowest BCUT2D eigenvalue weighted by Gasteiger charge is -2.35. The van der Waals surface area contributed by atoms with Crippen LogP contribution in [-0.4, -0.2) is 81.4 Å². The topological polar surface area (TPSA) is 70.2 Å². The van der Waals surface area contributed by atoms with Crippen molar-refractivity contribution in [3.8, 4) is 5.75 Å². The van der Waals surface area contributed by atoms with Crippen LogP contribution in [0.15, 0.2) is 59.5 Å². The molecule has 7 nitrogen and oxygen atoms in total. The minimum Gasteiger partial charge on any atom is -0.496 e. The monoisotopic (exact) mass is 547 g/mol. The number of amides is 1. The number of nitrogens with zero attached hydrogens (tertiary/aromatic N) is 3. The fourth-order valence-electron chi connectivity index (χ4n) is 4.32. The van der Waals surface area contributed by atoms with E-state index >= 15 is 0 Å². The Kier molecular flexibility index (Phi) is 11.4. The van der Waals surface area contributed by atoms with Crippen LogP contribution in [0, 0.1) is 0 Å². The molecule has 0 atom stereocenters. The van der Waals surface area contributed by atoms with Gasteiger partial charge in [0.1, 0.15) is 5.75 Å². The molecule has 0 saturated carbocycles. The first-order chi connectivity index (χ1) is 17.8. The van der Waals surface area contributed by atoms with Crippen LogP contribution in [-0.2, 0) is 14.8 Å². The Labute approximate surface area is 226 Å². The molecule has 1 heterocycles. The minimum absolute atomic E-state index is 0.155. The van der Waals surface area contributed by atoms with Gasteiger partial charge < -0.3 is 9.64 Å². The molecule has 1 amide bonds. The van der Waals surface area contributed by atoms with E-state index < -0.39 is 10.0 Å². The van der Waals surface area contributed by atoms with Gasteiger partial charge in [0.25, 0.3) is 0 Å². The van der Waals surface area contributed by atoms with E-state index in [4.69, 9.17) is 16.3 Å². The van der Waals surface area contributed by atoms with Crippen molar-refractivity contribution in [1.82, 2.24) is 14.1 Å². The number of para-hydroxylation sites is 1. The van der Waals surface area contributed by atoms with Crippen LogP contribution in [0.5, 0.6) is 5.75 Å². The molecular weight excluding hydrogens is 510 g/mol. The molecule has 1 aliphatic heterocycles. The third kappa shape index (κ3) is 8.57. The Morgan fingerprint density at radius 3 is 2.43 bits per heavy atom. The molecule has 1 saturated heterocycles. The molecule has 3 rings (SSSR count). The Morgan fingerprint density at radius 1 is 1.05 bits per heavy atom. The maximum Gasteiger partial charge on any atom is 0.243 e. The first-order valence-corrected chi connectivity index (χ1v) is 14.7. The number of carbonyl (C=O) groups excluding carboxylic acids is 1. The highest BCUT2D eigenvalue weighted by Gasteiger charge is 2.28. The van der Waals surface area contributed by atoms with Crippen molar-refractivity contribution in [2.45, 2.75) is 37.5 Å². The second-order valence-electron chi connectivity index (χ2n) is 9.14. The number of ether oxygens (including phenoxy) is 1. The van der Waals surface area contributed by atoms with Crippen LogP contribution in [0.25, 0.3) is 6.08 Å². The quantitative estimate of drug-likeness (QED) is 0.338. The number of methoxy groups -OCH3 is 1. The summed E-state index contributed by atoms with van der Waals surface area (Å²) in [4.78, 5) is 17.4. The maximum absolute atomic E-state index is 13.0. The number of benzene rings is 2. The van der Waals surface area contributed by atoms with E-state index in [1.807, 2.05) is 41.3 Å². The van der Waals surface area contributed by atoms with Crippen LogP contribution >= 0.6 is 11.6 Å². The molecule has 202 valence electrons. The zero-order valence-corrected chi connectivity index (χ0v) is 23.4. The summed E-state index contributed by atoms with van der Waals surface area (Å²) in [6.45, 7) is 6.05. The summed E-state index contributed by atoms with van der Waals surface area (Å²) in [5, 5.41) is 0.510. The van der Waals surface area contributed by atoms with Crippen LogP contribution in [0.3, 0.4) is 0 Å². The largest absolute Gasteiger partial charge is 0.496 e. The number of halogens is 1. The van der Waals surface area contributed by atoms with Gasteiger partial charge in [-0.1, -0.05) is 61.7 Å². The van der Waals surface area contributed by atoms with Crippen LogP contribution in [0.2, 0.25) is 5.02 Å². The van der Waals surface area contributed by atoms with Crippen molar-refractivity contribution in [2.24, 2.45) is 0 Å². The summed E-state index contributed by atoms with van der Waals surface area (Å²) < 4.78 is 32.9. The van der Waals surface area contributed by atoms with Gasteiger partial charge in [-0.2, -0.15) is 4.31 Å². The second-order valence-corrected chi connectivity index (χ2v) is 11.5. The van der Waals surface area contributed by atoms with Gasteiger partial charge >= 0.3 is 0 Å². The van der Waals surface area contributed by atoms with Crippen LogP contribution < -0.4 is 4.74 Å². The van der Waals surface area contributed by atoms with Crippen molar-refractivity contribution in [2.75, 3.05) is 52.9 Å².